The fraction of sp³-hybridized carbons (Fsp3) is 0.346. The van der Waals surface area contributed by atoms with Crippen LogP contribution in [0.2, 0.25) is 0 Å². The standard InChI is InChI=1S/C26H32N4O5S2/c1-5-15-27-26(33)29-37(34,35)21-10-8-7-9-20(21)19-13-11-18(12-14-19)16-30-22(25(31)32)24(36-4)28-23(30)17(3)6-2/h7-14,17H,5-6,15-16H2,1-4H3,(H,31,32)(H2,27,29,33). The van der Waals surface area contributed by atoms with Crippen molar-refractivity contribution < 1.29 is 23.1 Å². The third-order valence-electron chi connectivity index (χ3n) is 5.96. The number of carbonyl (C=O) groups is 2. The molecule has 0 fully saturated rings. The third kappa shape index (κ3) is 6.53. The number of carbonyl (C=O) groups excluding carboxylic acids is 1. The molecule has 0 saturated heterocycles. The molecule has 0 radical (unpaired) electrons. The van der Waals surface area contributed by atoms with Crippen molar-refractivity contribution in [3.8, 4) is 11.1 Å². The van der Waals surface area contributed by atoms with Gasteiger partial charge in [0.1, 0.15) is 10.9 Å². The maximum absolute atomic E-state index is 12.9. The summed E-state index contributed by atoms with van der Waals surface area (Å²) < 4.78 is 29.7. The van der Waals surface area contributed by atoms with Crippen molar-refractivity contribution >= 4 is 33.8 Å². The first-order valence-electron chi connectivity index (χ1n) is 12.0. The topological polar surface area (TPSA) is 130 Å². The number of urea groups is 1. The van der Waals surface area contributed by atoms with Crippen LogP contribution in [0.25, 0.3) is 11.1 Å². The van der Waals surface area contributed by atoms with Crippen LogP contribution in [0, 0.1) is 0 Å². The number of sulfonamides is 1. The van der Waals surface area contributed by atoms with Crippen LogP contribution in [0.5, 0.6) is 0 Å². The van der Waals surface area contributed by atoms with Crippen LogP contribution in [0.15, 0.2) is 58.5 Å². The molecule has 0 bridgehead atoms. The van der Waals surface area contributed by atoms with Crippen LogP contribution >= 0.6 is 11.8 Å². The van der Waals surface area contributed by atoms with Crippen LogP contribution in [0.4, 0.5) is 4.79 Å². The van der Waals surface area contributed by atoms with E-state index in [9.17, 15) is 23.1 Å². The second kappa shape index (κ2) is 12.3. The molecular formula is C26H32N4O5S2. The van der Waals surface area contributed by atoms with E-state index in [1.165, 1.54) is 17.8 Å². The summed E-state index contributed by atoms with van der Waals surface area (Å²) in [6, 6.07) is 12.9. The third-order valence-corrected chi connectivity index (χ3v) is 8.02. The Bertz CT molecular complexity index is 1370. The maximum Gasteiger partial charge on any atom is 0.355 e. The molecule has 3 N–H and O–H groups in total. The number of benzene rings is 2. The molecule has 1 unspecified atom stereocenters. The van der Waals surface area contributed by atoms with E-state index in [1.807, 2.05) is 39.2 Å². The summed E-state index contributed by atoms with van der Waals surface area (Å²) in [6.45, 7) is 6.60. The van der Waals surface area contributed by atoms with Gasteiger partial charge in [-0.1, -0.05) is 63.2 Å². The predicted octanol–water partition coefficient (Wildman–Crippen LogP) is 4.93. The van der Waals surface area contributed by atoms with Gasteiger partial charge >= 0.3 is 12.0 Å². The van der Waals surface area contributed by atoms with E-state index in [0.29, 0.717) is 35.7 Å². The summed E-state index contributed by atoms with van der Waals surface area (Å²) in [5.74, 6) is -0.229. The van der Waals surface area contributed by atoms with Gasteiger partial charge < -0.3 is 15.0 Å². The Morgan fingerprint density at radius 2 is 1.78 bits per heavy atom. The summed E-state index contributed by atoms with van der Waals surface area (Å²) in [5.41, 5.74) is 2.10. The van der Waals surface area contributed by atoms with Crippen LogP contribution in [-0.2, 0) is 16.6 Å². The monoisotopic (exact) mass is 544 g/mol. The van der Waals surface area contributed by atoms with Gasteiger partial charge in [0, 0.05) is 24.6 Å². The lowest BCUT2D eigenvalue weighted by atomic mass is 10.0. The highest BCUT2D eigenvalue weighted by Crippen LogP contribution is 2.30. The second-order valence-corrected chi connectivity index (χ2v) is 11.0. The number of nitrogens with zero attached hydrogens (tertiary/aromatic N) is 2. The predicted molar refractivity (Wildman–Crippen MR) is 145 cm³/mol. The van der Waals surface area contributed by atoms with Gasteiger partial charge in [0.25, 0.3) is 10.0 Å². The van der Waals surface area contributed by atoms with Crippen molar-refractivity contribution in [2.75, 3.05) is 12.8 Å². The Morgan fingerprint density at radius 3 is 2.38 bits per heavy atom. The molecule has 3 rings (SSSR count). The van der Waals surface area contributed by atoms with Gasteiger partial charge in [0.05, 0.1) is 4.90 Å². The summed E-state index contributed by atoms with van der Waals surface area (Å²) in [7, 11) is -4.10. The van der Waals surface area contributed by atoms with Gasteiger partial charge in [0.2, 0.25) is 0 Å². The van der Waals surface area contributed by atoms with Crippen molar-refractivity contribution in [2.24, 2.45) is 0 Å². The van der Waals surface area contributed by atoms with Gasteiger partial charge in [-0.25, -0.2) is 27.7 Å². The maximum atomic E-state index is 12.9. The van der Waals surface area contributed by atoms with E-state index in [1.54, 1.807) is 34.9 Å². The molecule has 9 nitrogen and oxygen atoms in total. The Balaban J connectivity index is 1.94. The van der Waals surface area contributed by atoms with Crippen molar-refractivity contribution in [2.45, 2.75) is 56.0 Å². The number of hydrogen-bond acceptors (Lipinski definition) is 6. The summed E-state index contributed by atoms with van der Waals surface area (Å²) >= 11 is 1.31. The van der Waals surface area contributed by atoms with Crippen LogP contribution in [0.1, 0.15) is 61.4 Å². The molecule has 1 atom stereocenters. The summed E-state index contributed by atoms with van der Waals surface area (Å²) in [4.78, 5) is 28.6. The number of imidazole rings is 1. The largest absolute Gasteiger partial charge is 0.476 e. The zero-order chi connectivity index (χ0) is 27.2. The average Bonchev–Trinajstić information content (AvgIpc) is 3.25. The SMILES string of the molecule is CCCNC(=O)NS(=O)(=O)c1ccccc1-c1ccc(Cn2c(C(C)CC)nc(SC)c2C(=O)O)cc1. The molecular weight excluding hydrogens is 512 g/mol. The minimum Gasteiger partial charge on any atom is -0.476 e. The lowest BCUT2D eigenvalue weighted by molar-refractivity contribution is 0.0681. The molecule has 0 aliphatic heterocycles. The highest BCUT2D eigenvalue weighted by atomic mass is 32.2. The van der Waals surface area contributed by atoms with E-state index in [4.69, 9.17) is 0 Å². The number of amides is 2. The minimum absolute atomic E-state index is 0.0131. The fourth-order valence-corrected chi connectivity index (χ4v) is 5.61. The van der Waals surface area contributed by atoms with Gasteiger partial charge in [0.15, 0.2) is 5.69 Å². The van der Waals surface area contributed by atoms with Crippen molar-refractivity contribution in [3.63, 3.8) is 0 Å². The number of nitrogens with one attached hydrogen (secondary N) is 2. The second-order valence-electron chi connectivity index (χ2n) is 8.58. The molecule has 0 aliphatic rings. The zero-order valence-electron chi connectivity index (χ0n) is 21.3. The smallest absolute Gasteiger partial charge is 0.355 e. The minimum atomic E-state index is -4.10. The lowest BCUT2D eigenvalue weighted by Gasteiger charge is -2.15. The van der Waals surface area contributed by atoms with E-state index < -0.39 is 22.0 Å². The Kier molecular flexibility index (Phi) is 9.39. The van der Waals surface area contributed by atoms with E-state index in [0.717, 1.165) is 17.8 Å². The first-order valence-corrected chi connectivity index (χ1v) is 14.7. The average molecular weight is 545 g/mol. The number of thioether (sulfide) groups is 1. The fourth-order valence-electron chi connectivity index (χ4n) is 3.88. The van der Waals surface area contributed by atoms with Crippen LogP contribution in [-0.4, -0.2) is 47.9 Å². The van der Waals surface area contributed by atoms with Gasteiger partial charge in [-0.2, -0.15) is 0 Å². The molecule has 1 aromatic heterocycles. The first kappa shape index (κ1) is 28.3. The molecule has 198 valence electrons. The first-order chi connectivity index (χ1) is 17.6. The van der Waals surface area contributed by atoms with Crippen LogP contribution < -0.4 is 10.0 Å². The van der Waals surface area contributed by atoms with Crippen molar-refractivity contribution in [1.82, 2.24) is 19.6 Å². The molecule has 0 aliphatic carbocycles. The Hall–Kier alpha value is -3.31. The van der Waals surface area contributed by atoms with Crippen molar-refractivity contribution in [1.29, 1.82) is 0 Å². The zero-order valence-corrected chi connectivity index (χ0v) is 22.9. The van der Waals surface area contributed by atoms with Gasteiger partial charge in [-0.15, -0.1) is 11.8 Å². The summed E-state index contributed by atoms with van der Waals surface area (Å²) in [5, 5.41) is 12.9. The number of rotatable bonds is 11. The Labute approximate surface area is 221 Å². The lowest BCUT2D eigenvalue weighted by Crippen LogP contribution is -2.39. The molecule has 0 spiro atoms. The molecule has 11 heteroatoms. The molecule has 2 aromatic carbocycles. The quantitative estimate of drug-likeness (QED) is 0.292. The van der Waals surface area contributed by atoms with E-state index >= 15 is 0 Å². The molecule has 0 saturated carbocycles. The number of hydrogen-bond donors (Lipinski definition) is 3. The normalized spacial score (nSPS) is 12.2. The van der Waals surface area contributed by atoms with E-state index in [2.05, 4.69) is 15.0 Å². The number of carboxylic acids is 1. The molecule has 2 amide bonds. The Morgan fingerprint density at radius 1 is 1.11 bits per heavy atom. The number of carboxylic acid groups (broad SMARTS) is 1. The van der Waals surface area contributed by atoms with Crippen molar-refractivity contribution in [3.05, 3.63) is 65.6 Å². The summed E-state index contributed by atoms with van der Waals surface area (Å²) in [6.07, 6.45) is 3.31. The number of aromatic carboxylic acids is 1. The highest BCUT2D eigenvalue weighted by molar-refractivity contribution is 7.98. The van der Waals surface area contributed by atoms with Gasteiger partial charge in [-0.05, 0) is 36.3 Å². The molecule has 37 heavy (non-hydrogen) atoms. The molecule has 3 aromatic rings. The highest BCUT2D eigenvalue weighted by Gasteiger charge is 2.25. The molecule has 1 heterocycles. The van der Waals surface area contributed by atoms with E-state index in [-0.39, 0.29) is 16.5 Å². The number of aromatic nitrogens is 2. The van der Waals surface area contributed by atoms with Crippen LogP contribution in [0.3, 0.4) is 0 Å². The van der Waals surface area contributed by atoms with Gasteiger partial charge in [-0.3, -0.25) is 0 Å².